The minimum atomic E-state index is -0.516. The van der Waals surface area contributed by atoms with Crippen molar-refractivity contribution in [1.29, 1.82) is 0 Å². The average molecular weight is 348 g/mol. The third-order valence-corrected chi connectivity index (χ3v) is 3.52. The lowest BCUT2D eigenvalue weighted by molar-refractivity contribution is -0.392. The molecule has 0 aliphatic carbocycles. The monoisotopic (exact) mass is 348 g/mol. The number of hydrogen-bond donors (Lipinski definition) is 1. The van der Waals surface area contributed by atoms with Crippen molar-refractivity contribution >= 4 is 29.1 Å². The lowest BCUT2D eigenvalue weighted by atomic mass is 10.1. The summed E-state index contributed by atoms with van der Waals surface area (Å²) in [7, 11) is 0. The van der Waals surface area contributed by atoms with Crippen LogP contribution in [0.2, 0.25) is 0 Å². The normalized spacial score (nSPS) is 10.2. The van der Waals surface area contributed by atoms with E-state index in [4.69, 9.17) is 17.0 Å². The molecule has 0 atom stereocenters. The van der Waals surface area contributed by atoms with Crippen LogP contribution in [0.25, 0.3) is 0 Å². The standard InChI is InChI=1S/C15H16N4O4S/c1-10-3-5-12(6-4-10)14(20)17-15(24)23-8-7-18-11(2)16-9-13(18)19(21)22/h3-6,9H,7-8H2,1-2H3,(H,17,20,24). The van der Waals surface area contributed by atoms with Crippen molar-refractivity contribution in [3.05, 3.63) is 57.5 Å². The largest absolute Gasteiger partial charge is 0.467 e. The molecule has 1 aromatic carbocycles. The summed E-state index contributed by atoms with van der Waals surface area (Å²) in [6, 6.07) is 7.01. The summed E-state index contributed by atoms with van der Waals surface area (Å²) in [4.78, 5) is 26.2. The number of ether oxygens (including phenoxy) is 1. The van der Waals surface area contributed by atoms with E-state index < -0.39 is 4.92 Å². The van der Waals surface area contributed by atoms with Gasteiger partial charge in [0.15, 0.2) is 5.82 Å². The quantitative estimate of drug-likeness (QED) is 0.505. The van der Waals surface area contributed by atoms with Crippen molar-refractivity contribution in [3.8, 4) is 0 Å². The van der Waals surface area contributed by atoms with Crippen molar-refractivity contribution in [2.24, 2.45) is 0 Å². The van der Waals surface area contributed by atoms with E-state index >= 15 is 0 Å². The molecule has 0 fully saturated rings. The third-order valence-electron chi connectivity index (χ3n) is 3.30. The second-order valence-corrected chi connectivity index (χ2v) is 5.40. The zero-order valence-corrected chi connectivity index (χ0v) is 14.0. The number of nitro groups is 1. The van der Waals surface area contributed by atoms with Crippen LogP contribution in [0.1, 0.15) is 21.7 Å². The number of thiocarbonyl (C=S) groups is 1. The van der Waals surface area contributed by atoms with E-state index in [1.54, 1.807) is 19.1 Å². The van der Waals surface area contributed by atoms with Crippen LogP contribution < -0.4 is 5.32 Å². The van der Waals surface area contributed by atoms with Crippen LogP contribution in [0.4, 0.5) is 5.82 Å². The van der Waals surface area contributed by atoms with E-state index in [9.17, 15) is 14.9 Å². The molecular weight excluding hydrogens is 332 g/mol. The summed E-state index contributed by atoms with van der Waals surface area (Å²) in [5, 5.41) is 13.3. The number of nitrogens with zero attached hydrogens (tertiary/aromatic N) is 3. The van der Waals surface area contributed by atoms with Gasteiger partial charge in [-0.2, -0.15) is 0 Å². The molecule has 0 spiro atoms. The Hall–Kier alpha value is -2.81. The Balaban J connectivity index is 1.85. The highest BCUT2D eigenvalue weighted by atomic mass is 32.1. The number of imidazole rings is 1. The van der Waals surface area contributed by atoms with Crippen molar-refractivity contribution in [3.63, 3.8) is 0 Å². The summed E-state index contributed by atoms with van der Waals surface area (Å²) in [6.07, 6.45) is 1.19. The molecule has 8 nitrogen and oxygen atoms in total. The van der Waals surface area contributed by atoms with Gasteiger partial charge in [0.05, 0.1) is 0 Å². The fraction of sp³-hybridized carbons (Fsp3) is 0.267. The van der Waals surface area contributed by atoms with Crippen molar-refractivity contribution in [2.75, 3.05) is 6.61 Å². The van der Waals surface area contributed by atoms with E-state index in [1.165, 1.54) is 10.8 Å². The predicted octanol–water partition coefficient (Wildman–Crippen LogP) is 2.14. The van der Waals surface area contributed by atoms with Crippen molar-refractivity contribution in [2.45, 2.75) is 20.4 Å². The number of aromatic nitrogens is 2. The molecule has 1 N–H and O–H groups in total. The van der Waals surface area contributed by atoms with E-state index in [1.807, 2.05) is 19.1 Å². The second-order valence-electron chi connectivity index (χ2n) is 5.03. The Bertz CT molecular complexity index is 770. The minimum Gasteiger partial charge on any atom is -0.467 e. The van der Waals surface area contributed by atoms with E-state index in [2.05, 4.69) is 10.3 Å². The van der Waals surface area contributed by atoms with Gasteiger partial charge in [-0.25, -0.2) is 9.55 Å². The first-order chi connectivity index (χ1) is 11.4. The van der Waals surface area contributed by atoms with E-state index in [-0.39, 0.29) is 30.1 Å². The maximum atomic E-state index is 12.0. The molecule has 0 radical (unpaired) electrons. The smallest absolute Gasteiger partial charge is 0.342 e. The van der Waals surface area contributed by atoms with Gasteiger partial charge in [-0.3, -0.25) is 10.1 Å². The number of benzene rings is 1. The van der Waals surface area contributed by atoms with E-state index in [0.29, 0.717) is 11.4 Å². The molecule has 9 heteroatoms. The number of carbonyl (C=O) groups excluding carboxylic acids is 1. The third kappa shape index (κ3) is 4.35. The number of nitrogens with one attached hydrogen (secondary N) is 1. The Morgan fingerprint density at radius 1 is 1.38 bits per heavy atom. The molecule has 2 aromatic rings. The number of carbonyl (C=O) groups is 1. The van der Waals surface area contributed by atoms with Gasteiger partial charge in [-0.15, -0.1) is 0 Å². The molecule has 0 aliphatic heterocycles. The molecule has 1 amide bonds. The maximum absolute atomic E-state index is 12.0. The summed E-state index contributed by atoms with van der Waals surface area (Å²) in [6.45, 7) is 3.85. The van der Waals surface area contributed by atoms with Crippen LogP contribution in [-0.2, 0) is 11.3 Å². The molecule has 0 bridgehead atoms. The summed E-state index contributed by atoms with van der Waals surface area (Å²) in [5.41, 5.74) is 1.51. The van der Waals surface area contributed by atoms with E-state index in [0.717, 1.165) is 5.56 Å². The first kappa shape index (κ1) is 17.5. The van der Waals surface area contributed by atoms with Gasteiger partial charge in [0.2, 0.25) is 0 Å². The van der Waals surface area contributed by atoms with Crippen molar-refractivity contribution < 1.29 is 14.5 Å². The number of aryl methyl sites for hydroxylation is 2. The van der Waals surface area contributed by atoms with Crippen molar-refractivity contribution in [1.82, 2.24) is 14.9 Å². The molecule has 0 saturated carbocycles. The molecule has 2 rings (SSSR count). The zero-order chi connectivity index (χ0) is 17.7. The predicted molar refractivity (Wildman–Crippen MR) is 90.8 cm³/mol. The Kier molecular flexibility index (Phi) is 5.59. The summed E-state index contributed by atoms with van der Waals surface area (Å²) in [5.74, 6) is 0.00964. The van der Waals surface area contributed by atoms with Gasteiger partial charge in [0.25, 0.3) is 11.1 Å². The van der Waals surface area contributed by atoms with Gasteiger partial charge in [0.1, 0.15) is 19.3 Å². The summed E-state index contributed by atoms with van der Waals surface area (Å²) >= 11 is 4.96. The lowest BCUT2D eigenvalue weighted by Crippen LogP contribution is -2.31. The second kappa shape index (κ2) is 7.64. The van der Waals surface area contributed by atoms with Gasteiger partial charge in [0, 0.05) is 12.5 Å². The van der Waals surface area contributed by atoms with Gasteiger partial charge >= 0.3 is 5.82 Å². The van der Waals surface area contributed by atoms with Gasteiger partial charge in [-0.1, -0.05) is 17.7 Å². The first-order valence-electron chi connectivity index (χ1n) is 7.10. The minimum absolute atomic E-state index is 0.0745. The SMILES string of the molecule is Cc1ccc(C(=O)NC(=S)OCCn2c([N+](=O)[O-])cnc2C)cc1. The average Bonchev–Trinajstić information content (AvgIpc) is 2.89. The highest BCUT2D eigenvalue weighted by molar-refractivity contribution is 7.80. The topological polar surface area (TPSA) is 99.3 Å². The molecule has 0 aliphatic rings. The fourth-order valence-corrected chi connectivity index (χ4v) is 2.19. The van der Waals surface area contributed by atoms with Gasteiger partial charge < -0.3 is 14.9 Å². The Morgan fingerprint density at radius 3 is 2.67 bits per heavy atom. The highest BCUT2D eigenvalue weighted by Gasteiger charge is 2.17. The first-order valence-corrected chi connectivity index (χ1v) is 7.50. The molecule has 126 valence electrons. The zero-order valence-electron chi connectivity index (χ0n) is 13.2. The lowest BCUT2D eigenvalue weighted by Gasteiger charge is -2.09. The van der Waals surface area contributed by atoms with Crippen LogP contribution in [0.5, 0.6) is 0 Å². The number of rotatable bonds is 5. The molecule has 1 aromatic heterocycles. The van der Waals surface area contributed by atoms with Crippen LogP contribution in [0, 0.1) is 24.0 Å². The molecule has 0 unspecified atom stereocenters. The number of hydrogen-bond acceptors (Lipinski definition) is 6. The van der Waals surface area contributed by atoms with Gasteiger partial charge in [-0.05, 0) is 36.2 Å². The molecule has 1 heterocycles. The van der Waals surface area contributed by atoms with Crippen LogP contribution in [-0.4, -0.2) is 32.2 Å². The van der Waals surface area contributed by atoms with Crippen LogP contribution in [0.3, 0.4) is 0 Å². The molecule has 24 heavy (non-hydrogen) atoms. The molecule has 0 saturated heterocycles. The highest BCUT2D eigenvalue weighted by Crippen LogP contribution is 2.13. The fourth-order valence-electron chi connectivity index (χ4n) is 2.01. The Labute approximate surface area is 143 Å². The molecular formula is C15H16N4O4S. The maximum Gasteiger partial charge on any atom is 0.342 e. The number of amides is 1. The van der Waals surface area contributed by atoms with Crippen LogP contribution in [0.15, 0.2) is 30.5 Å². The van der Waals surface area contributed by atoms with Crippen LogP contribution >= 0.6 is 12.2 Å². The Morgan fingerprint density at radius 2 is 2.04 bits per heavy atom. The summed E-state index contributed by atoms with van der Waals surface area (Å²) < 4.78 is 6.66.